The quantitative estimate of drug-likeness (QED) is 0.529. The summed E-state index contributed by atoms with van der Waals surface area (Å²) in [6.07, 6.45) is -3.80. The Kier molecular flexibility index (Phi) is 3.72. The molecule has 0 saturated carbocycles. The molecule has 0 aliphatic rings. The molecule has 2 rings (SSSR count). The molecule has 0 spiro atoms. The maximum atomic E-state index is 13.4. The van der Waals surface area contributed by atoms with Gasteiger partial charge in [-0.3, -0.25) is 0 Å². The van der Waals surface area contributed by atoms with E-state index in [1.54, 1.807) is 30.3 Å². The molecular weight excluding hydrogens is 280 g/mol. The molecule has 0 heterocycles. The maximum absolute atomic E-state index is 13.4. The second-order valence-electron chi connectivity index (χ2n) is 4.36. The fourth-order valence-electron chi connectivity index (χ4n) is 2.01. The van der Waals surface area contributed by atoms with Crippen LogP contribution in [-0.2, 0) is 0 Å². The summed E-state index contributed by atoms with van der Waals surface area (Å²) >= 11 is 5.59. The minimum Gasteiger partial charge on any atom is -0.204 e. The number of aryl methyl sites for hydroxylation is 1. The number of halogens is 5. The molecule has 19 heavy (non-hydrogen) atoms. The lowest BCUT2D eigenvalue weighted by molar-refractivity contribution is -0.130. The van der Waals surface area contributed by atoms with Crippen LogP contribution in [0.25, 0.3) is 10.8 Å². The summed E-state index contributed by atoms with van der Waals surface area (Å²) in [5.74, 6) is -4.26. The van der Waals surface area contributed by atoms with Crippen LogP contribution in [0.4, 0.5) is 17.6 Å². The summed E-state index contributed by atoms with van der Waals surface area (Å²) in [7, 11) is 0. The first kappa shape index (κ1) is 14.1. The molecule has 0 aliphatic carbocycles. The van der Waals surface area contributed by atoms with Gasteiger partial charge in [0.05, 0.1) is 0 Å². The van der Waals surface area contributed by atoms with E-state index >= 15 is 0 Å². The zero-order valence-electron chi connectivity index (χ0n) is 10.0. The van der Waals surface area contributed by atoms with Crippen molar-refractivity contribution in [3.05, 3.63) is 47.5 Å². The monoisotopic (exact) mass is 290 g/mol. The molecule has 0 N–H and O–H groups in total. The van der Waals surface area contributed by atoms with Gasteiger partial charge in [0, 0.05) is 0 Å². The summed E-state index contributed by atoms with van der Waals surface area (Å²) < 4.78 is 51.5. The molecule has 0 bridgehead atoms. The van der Waals surface area contributed by atoms with E-state index < -0.39 is 17.7 Å². The largest absolute Gasteiger partial charge is 0.327 e. The van der Waals surface area contributed by atoms with Crippen molar-refractivity contribution < 1.29 is 17.6 Å². The van der Waals surface area contributed by atoms with Crippen LogP contribution in [0.1, 0.15) is 16.5 Å². The highest BCUT2D eigenvalue weighted by Crippen LogP contribution is 2.43. The van der Waals surface area contributed by atoms with Gasteiger partial charge in [0.15, 0.2) is 0 Å². The molecule has 102 valence electrons. The SMILES string of the molecule is Cc1ccc(C(Cl)C(F)(F)C(F)F)c2ccccc12. The van der Waals surface area contributed by atoms with Crippen molar-refractivity contribution in [3.8, 4) is 0 Å². The van der Waals surface area contributed by atoms with E-state index in [9.17, 15) is 17.6 Å². The van der Waals surface area contributed by atoms with Crippen molar-refractivity contribution in [3.63, 3.8) is 0 Å². The minimum absolute atomic E-state index is 0.0215. The standard InChI is InChI=1S/C14H11ClF4/c1-8-6-7-11(10-5-3-2-4-9(8)10)12(15)14(18,19)13(16)17/h2-7,12-13H,1H3. The van der Waals surface area contributed by atoms with Crippen LogP contribution in [0.2, 0.25) is 0 Å². The van der Waals surface area contributed by atoms with E-state index in [0.717, 1.165) is 10.9 Å². The first-order chi connectivity index (χ1) is 8.85. The van der Waals surface area contributed by atoms with Crippen molar-refractivity contribution in [2.24, 2.45) is 0 Å². The predicted octanol–water partition coefficient (Wildman–Crippen LogP) is 5.33. The fraction of sp³-hybridized carbons (Fsp3) is 0.286. The smallest absolute Gasteiger partial charge is 0.204 e. The van der Waals surface area contributed by atoms with E-state index in [4.69, 9.17) is 11.6 Å². The summed E-state index contributed by atoms with van der Waals surface area (Å²) in [5, 5.41) is -0.850. The molecule has 0 saturated heterocycles. The second kappa shape index (κ2) is 5.00. The average Bonchev–Trinajstić information content (AvgIpc) is 2.38. The van der Waals surface area contributed by atoms with Gasteiger partial charge in [-0.05, 0) is 28.8 Å². The number of fused-ring (bicyclic) bond motifs is 1. The minimum atomic E-state index is -4.26. The van der Waals surface area contributed by atoms with Crippen LogP contribution in [0.5, 0.6) is 0 Å². The van der Waals surface area contributed by atoms with E-state index in [2.05, 4.69) is 0 Å². The Morgan fingerprint density at radius 3 is 2.16 bits per heavy atom. The summed E-state index contributed by atoms with van der Waals surface area (Å²) in [6, 6.07) is 9.76. The van der Waals surface area contributed by atoms with Gasteiger partial charge in [0.25, 0.3) is 0 Å². The molecule has 5 heteroatoms. The van der Waals surface area contributed by atoms with Crippen molar-refractivity contribution in [2.75, 3.05) is 0 Å². The van der Waals surface area contributed by atoms with Crippen LogP contribution in [0.15, 0.2) is 36.4 Å². The number of benzene rings is 2. The fourth-order valence-corrected chi connectivity index (χ4v) is 2.30. The van der Waals surface area contributed by atoms with Crippen LogP contribution >= 0.6 is 11.6 Å². The van der Waals surface area contributed by atoms with Gasteiger partial charge in [0.1, 0.15) is 5.38 Å². The molecule has 2 aromatic rings. The third-order valence-electron chi connectivity index (χ3n) is 3.08. The second-order valence-corrected chi connectivity index (χ2v) is 4.79. The Hall–Kier alpha value is -1.29. The molecule has 0 aromatic heterocycles. The lowest BCUT2D eigenvalue weighted by atomic mass is 9.96. The summed E-state index contributed by atoms with van der Waals surface area (Å²) in [5.41, 5.74) is 0.900. The first-order valence-electron chi connectivity index (χ1n) is 5.64. The highest BCUT2D eigenvalue weighted by molar-refractivity contribution is 6.22. The van der Waals surface area contributed by atoms with Crippen molar-refractivity contribution >= 4 is 22.4 Å². The van der Waals surface area contributed by atoms with Gasteiger partial charge in [-0.2, -0.15) is 8.78 Å². The summed E-state index contributed by atoms with van der Waals surface area (Å²) in [4.78, 5) is 0. The first-order valence-corrected chi connectivity index (χ1v) is 6.07. The van der Waals surface area contributed by atoms with E-state index in [1.807, 2.05) is 6.92 Å². The summed E-state index contributed by atoms with van der Waals surface area (Å²) in [6.45, 7) is 1.82. The normalized spacial score (nSPS) is 14.1. The Balaban J connectivity index is 2.61. The number of hydrogen-bond donors (Lipinski definition) is 0. The van der Waals surface area contributed by atoms with E-state index in [-0.39, 0.29) is 5.56 Å². The Morgan fingerprint density at radius 1 is 1.00 bits per heavy atom. The highest BCUT2D eigenvalue weighted by Gasteiger charge is 2.49. The number of rotatable bonds is 3. The molecular formula is C14H11ClF4. The van der Waals surface area contributed by atoms with Gasteiger partial charge >= 0.3 is 12.3 Å². The molecule has 0 radical (unpaired) electrons. The molecule has 0 fully saturated rings. The Morgan fingerprint density at radius 2 is 1.58 bits per heavy atom. The van der Waals surface area contributed by atoms with Gasteiger partial charge in [0.2, 0.25) is 0 Å². The maximum Gasteiger partial charge on any atom is 0.327 e. The van der Waals surface area contributed by atoms with Crippen LogP contribution < -0.4 is 0 Å². The van der Waals surface area contributed by atoms with Gasteiger partial charge in [-0.15, -0.1) is 11.6 Å². The van der Waals surface area contributed by atoms with Crippen LogP contribution in [-0.4, -0.2) is 12.3 Å². The average molecular weight is 291 g/mol. The highest BCUT2D eigenvalue weighted by atomic mass is 35.5. The van der Waals surface area contributed by atoms with Crippen molar-refractivity contribution in [1.29, 1.82) is 0 Å². The van der Waals surface area contributed by atoms with E-state index in [1.165, 1.54) is 6.07 Å². The van der Waals surface area contributed by atoms with Gasteiger partial charge in [-0.25, -0.2) is 8.78 Å². The third-order valence-corrected chi connectivity index (χ3v) is 3.60. The Bertz CT molecular complexity index is 595. The van der Waals surface area contributed by atoms with Crippen LogP contribution in [0, 0.1) is 6.92 Å². The van der Waals surface area contributed by atoms with Crippen molar-refractivity contribution in [1.82, 2.24) is 0 Å². The zero-order chi connectivity index (χ0) is 14.2. The zero-order valence-corrected chi connectivity index (χ0v) is 10.8. The molecule has 1 unspecified atom stereocenters. The van der Waals surface area contributed by atoms with E-state index in [0.29, 0.717) is 5.39 Å². The Labute approximate surface area is 113 Å². The molecule has 0 nitrogen and oxygen atoms in total. The predicted molar refractivity (Wildman–Crippen MR) is 68.2 cm³/mol. The third kappa shape index (κ3) is 2.41. The number of alkyl halides is 5. The van der Waals surface area contributed by atoms with Gasteiger partial charge < -0.3 is 0 Å². The van der Waals surface area contributed by atoms with Crippen molar-refractivity contribution in [2.45, 2.75) is 24.6 Å². The lowest BCUT2D eigenvalue weighted by Gasteiger charge is -2.22. The van der Waals surface area contributed by atoms with Crippen LogP contribution in [0.3, 0.4) is 0 Å². The van der Waals surface area contributed by atoms with Gasteiger partial charge in [-0.1, -0.05) is 36.4 Å². The molecule has 2 aromatic carbocycles. The lowest BCUT2D eigenvalue weighted by Crippen LogP contribution is -2.31. The molecule has 0 amide bonds. The molecule has 1 atom stereocenters. The topological polar surface area (TPSA) is 0 Å². The number of hydrogen-bond acceptors (Lipinski definition) is 0. The molecule has 0 aliphatic heterocycles.